The molecule has 1 aromatic heterocycles. The zero-order valence-electron chi connectivity index (χ0n) is 15.1. The molecule has 0 aliphatic rings. The van der Waals surface area contributed by atoms with E-state index in [1.165, 1.54) is 0 Å². The van der Waals surface area contributed by atoms with E-state index in [1.54, 1.807) is 0 Å². The van der Waals surface area contributed by atoms with Crippen LogP contribution in [0.4, 0.5) is 0 Å². The summed E-state index contributed by atoms with van der Waals surface area (Å²) in [4.78, 5) is 23.0. The molecule has 0 aromatic carbocycles. The van der Waals surface area contributed by atoms with Crippen molar-refractivity contribution in [1.29, 1.82) is 0 Å². The molecule has 0 atom stereocenters. The molecule has 0 aliphatic heterocycles. The number of amides is 1. The summed E-state index contributed by atoms with van der Waals surface area (Å²) >= 11 is 0. The van der Waals surface area contributed by atoms with Crippen molar-refractivity contribution in [2.75, 3.05) is 0 Å². The van der Waals surface area contributed by atoms with Crippen molar-refractivity contribution in [3.63, 3.8) is 0 Å². The number of aliphatic carboxylic acids is 1. The van der Waals surface area contributed by atoms with Gasteiger partial charge in [-0.25, -0.2) is 0 Å². The Morgan fingerprint density at radius 3 is 2.43 bits per heavy atom. The zero-order chi connectivity index (χ0) is 17.8. The van der Waals surface area contributed by atoms with E-state index < -0.39 is 11.5 Å². The van der Waals surface area contributed by atoms with Gasteiger partial charge in [0.25, 0.3) is 0 Å². The minimum Gasteiger partial charge on any atom is -0.481 e. The van der Waals surface area contributed by atoms with Crippen LogP contribution < -0.4 is 5.32 Å². The van der Waals surface area contributed by atoms with Crippen LogP contribution in [-0.2, 0) is 22.6 Å². The number of aromatic nitrogens is 2. The van der Waals surface area contributed by atoms with Crippen LogP contribution in [0.1, 0.15) is 57.5 Å². The first-order valence-electron chi connectivity index (χ1n) is 8.07. The maximum absolute atomic E-state index is 12.3. The lowest BCUT2D eigenvalue weighted by Gasteiger charge is -2.25. The Kier molecular flexibility index (Phi) is 6.36. The summed E-state index contributed by atoms with van der Waals surface area (Å²) in [5, 5.41) is 16.2. The van der Waals surface area contributed by atoms with Crippen molar-refractivity contribution in [3.8, 4) is 0 Å². The van der Waals surface area contributed by atoms with Gasteiger partial charge in [0.2, 0.25) is 5.91 Å². The van der Waals surface area contributed by atoms with Gasteiger partial charge in [0, 0.05) is 29.8 Å². The van der Waals surface area contributed by atoms with Gasteiger partial charge >= 0.3 is 5.97 Å². The summed E-state index contributed by atoms with van der Waals surface area (Å²) in [7, 11) is 0. The molecule has 23 heavy (non-hydrogen) atoms. The number of carbonyl (C=O) groups is 2. The topological polar surface area (TPSA) is 84.2 Å². The lowest BCUT2D eigenvalue weighted by atomic mass is 9.97. The first-order chi connectivity index (χ1) is 10.5. The monoisotopic (exact) mass is 323 g/mol. The molecule has 1 rings (SSSR count). The van der Waals surface area contributed by atoms with Crippen molar-refractivity contribution in [2.45, 2.75) is 72.9 Å². The second-order valence-corrected chi connectivity index (χ2v) is 7.23. The van der Waals surface area contributed by atoms with Gasteiger partial charge in [-0.3, -0.25) is 14.3 Å². The van der Waals surface area contributed by atoms with E-state index in [0.717, 1.165) is 23.5 Å². The molecule has 1 amide bonds. The van der Waals surface area contributed by atoms with Crippen LogP contribution >= 0.6 is 0 Å². The fraction of sp³-hybridized carbons (Fsp3) is 0.706. The van der Waals surface area contributed by atoms with Crippen LogP contribution in [0.3, 0.4) is 0 Å². The number of aryl methyl sites for hydroxylation is 1. The quantitative estimate of drug-likeness (QED) is 0.769. The van der Waals surface area contributed by atoms with E-state index >= 15 is 0 Å². The van der Waals surface area contributed by atoms with E-state index in [-0.39, 0.29) is 18.7 Å². The average Bonchev–Trinajstić information content (AvgIpc) is 2.63. The van der Waals surface area contributed by atoms with E-state index in [2.05, 4.69) is 24.3 Å². The highest BCUT2D eigenvalue weighted by Gasteiger charge is 2.23. The van der Waals surface area contributed by atoms with Crippen LogP contribution in [0, 0.1) is 19.8 Å². The SMILES string of the molecule is Cc1nn(CC(C)C)c(C)c1CC(=O)NC(C)(C)CCC(=O)O. The molecule has 1 heterocycles. The van der Waals surface area contributed by atoms with Crippen LogP contribution in [0.25, 0.3) is 0 Å². The molecule has 2 N–H and O–H groups in total. The fourth-order valence-corrected chi connectivity index (χ4v) is 2.58. The maximum Gasteiger partial charge on any atom is 0.303 e. The average molecular weight is 323 g/mol. The van der Waals surface area contributed by atoms with Crippen LogP contribution in [0.5, 0.6) is 0 Å². The molecular weight excluding hydrogens is 294 g/mol. The highest BCUT2D eigenvalue weighted by Crippen LogP contribution is 2.17. The molecule has 0 saturated heterocycles. The highest BCUT2D eigenvalue weighted by atomic mass is 16.4. The molecule has 0 saturated carbocycles. The Labute approximate surface area is 138 Å². The first kappa shape index (κ1) is 19.2. The third-order valence-corrected chi connectivity index (χ3v) is 3.85. The zero-order valence-corrected chi connectivity index (χ0v) is 15.1. The predicted molar refractivity (Wildman–Crippen MR) is 89.3 cm³/mol. The minimum absolute atomic E-state index is 0.0393. The van der Waals surface area contributed by atoms with Gasteiger partial charge in [0.05, 0.1) is 12.1 Å². The van der Waals surface area contributed by atoms with E-state index in [9.17, 15) is 9.59 Å². The number of nitrogens with zero attached hydrogens (tertiary/aromatic N) is 2. The fourth-order valence-electron chi connectivity index (χ4n) is 2.58. The number of carboxylic acid groups (broad SMARTS) is 1. The number of nitrogens with one attached hydrogen (secondary N) is 1. The molecule has 0 unspecified atom stereocenters. The maximum atomic E-state index is 12.3. The van der Waals surface area contributed by atoms with Gasteiger partial charge in [-0.05, 0) is 40.0 Å². The summed E-state index contributed by atoms with van der Waals surface area (Å²) in [5.74, 6) is -0.464. The molecule has 0 fully saturated rings. The largest absolute Gasteiger partial charge is 0.481 e. The van der Waals surface area contributed by atoms with Crippen molar-refractivity contribution in [2.24, 2.45) is 5.92 Å². The third-order valence-electron chi connectivity index (χ3n) is 3.85. The summed E-state index contributed by atoms with van der Waals surface area (Å²) in [6.07, 6.45) is 0.711. The Bertz CT molecular complexity index is 574. The van der Waals surface area contributed by atoms with Crippen LogP contribution in [0.15, 0.2) is 0 Å². The summed E-state index contributed by atoms with van der Waals surface area (Å²) < 4.78 is 1.96. The van der Waals surface area contributed by atoms with Gasteiger partial charge in [-0.1, -0.05) is 13.8 Å². The van der Waals surface area contributed by atoms with Gasteiger partial charge < -0.3 is 10.4 Å². The normalized spacial score (nSPS) is 11.8. The van der Waals surface area contributed by atoms with Crippen molar-refractivity contribution in [3.05, 3.63) is 17.0 Å². The second kappa shape index (κ2) is 7.62. The number of hydrogen-bond acceptors (Lipinski definition) is 3. The lowest BCUT2D eigenvalue weighted by molar-refractivity contribution is -0.137. The molecule has 0 aliphatic carbocycles. The van der Waals surface area contributed by atoms with Gasteiger partial charge in [0.15, 0.2) is 0 Å². The Morgan fingerprint density at radius 1 is 1.30 bits per heavy atom. The molecular formula is C17H29N3O3. The standard InChI is InChI=1S/C17H29N3O3/c1-11(2)10-20-13(4)14(12(3)19-20)9-15(21)18-17(5,6)8-7-16(22)23/h11H,7-10H2,1-6H3,(H,18,21)(H,22,23). The molecule has 6 heteroatoms. The molecule has 6 nitrogen and oxygen atoms in total. The summed E-state index contributed by atoms with van der Waals surface area (Å²) in [5.41, 5.74) is 2.32. The predicted octanol–water partition coefficient (Wildman–Crippen LogP) is 2.46. The molecule has 0 radical (unpaired) electrons. The van der Waals surface area contributed by atoms with Gasteiger partial charge in [-0.15, -0.1) is 0 Å². The number of rotatable bonds is 8. The molecule has 0 bridgehead atoms. The molecule has 130 valence electrons. The van der Waals surface area contributed by atoms with Crippen molar-refractivity contribution >= 4 is 11.9 Å². The summed E-state index contributed by atoms with van der Waals surface area (Å²) in [6, 6.07) is 0. The Hall–Kier alpha value is -1.85. The van der Waals surface area contributed by atoms with Crippen molar-refractivity contribution < 1.29 is 14.7 Å². The Morgan fingerprint density at radius 2 is 1.91 bits per heavy atom. The van der Waals surface area contributed by atoms with Crippen LogP contribution in [0.2, 0.25) is 0 Å². The first-order valence-corrected chi connectivity index (χ1v) is 8.07. The minimum atomic E-state index is -0.853. The molecule has 1 aromatic rings. The summed E-state index contributed by atoms with van der Waals surface area (Å²) in [6.45, 7) is 12.7. The van der Waals surface area contributed by atoms with Gasteiger partial charge in [0.1, 0.15) is 0 Å². The van der Waals surface area contributed by atoms with Crippen molar-refractivity contribution in [1.82, 2.24) is 15.1 Å². The number of carboxylic acids is 1. The van der Waals surface area contributed by atoms with E-state index in [4.69, 9.17) is 5.11 Å². The third kappa shape index (κ3) is 6.04. The smallest absolute Gasteiger partial charge is 0.303 e. The van der Waals surface area contributed by atoms with Crippen LogP contribution in [-0.4, -0.2) is 32.3 Å². The number of carbonyl (C=O) groups excluding carboxylic acids is 1. The highest BCUT2D eigenvalue weighted by molar-refractivity contribution is 5.80. The second-order valence-electron chi connectivity index (χ2n) is 7.23. The number of hydrogen-bond donors (Lipinski definition) is 2. The van der Waals surface area contributed by atoms with E-state index in [0.29, 0.717) is 12.3 Å². The lowest BCUT2D eigenvalue weighted by Crippen LogP contribution is -2.44. The Balaban J connectivity index is 2.74. The van der Waals surface area contributed by atoms with E-state index in [1.807, 2.05) is 32.4 Å². The molecule has 0 spiro atoms. The van der Waals surface area contributed by atoms with Gasteiger partial charge in [-0.2, -0.15) is 5.10 Å².